The predicted octanol–water partition coefficient (Wildman–Crippen LogP) is 0.836. The van der Waals surface area contributed by atoms with Crippen LogP contribution in [0.3, 0.4) is 0 Å². The molecule has 23 heavy (non-hydrogen) atoms. The van der Waals surface area contributed by atoms with Crippen molar-refractivity contribution < 1.29 is 4.74 Å². The summed E-state index contributed by atoms with van der Waals surface area (Å²) in [5, 5.41) is 18.0. The first-order valence-electron chi connectivity index (χ1n) is 7.44. The van der Waals surface area contributed by atoms with Crippen molar-refractivity contribution in [2.75, 3.05) is 38.7 Å². The van der Waals surface area contributed by atoms with Gasteiger partial charge in [-0.3, -0.25) is 4.79 Å². The Morgan fingerprint density at radius 3 is 2.74 bits per heavy atom. The van der Waals surface area contributed by atoms with Gasteiger partial charge in [0.05, 0.1) is 12.0 Å². The molecule has 2 aromatic rings. The number of hydrogen-bond donors (Lipinski definition) is 4. The fourth-order valence-electron chi connectivity index (χ4n) is 2.08. The Bertz CT molecular complexity index is 704. The van der Waals surface area contributed by atoms with E-state index in [0.29, 0.717) is 29.5 Å². The van der Waals surface area contributed by atoms with E-state index in [2.05, 4.69) is 26.1 Å². The number of fused-ring (bicyclic) bond motifs is 1. The Kier molecular flexibility index (Phi) is 6.76. The number of rotatable bonds is 8. The van der Waals surface area contributed by atoms with Crippen LogP contribution in [-0.2, 0) is 4.74 Å². The number of anilines is 1. The van der Waals surface area contributed by atoms with Crippen molar-refractivity contribution in [1.29, 1.82) is 0 Å². The standard InChI is InChI=1S/C15H21N5O2S/c1-22-10-9-18-15(23)17-8-4-7-16-13-11-5-2-3-6-12(11)14(21)20-19-13/h2-3,5-6H,4,7-10H2,1H3,(H,16,19)(H,20,21)(H2,17,18,23). The molecule has 1 heterocycles. The van der Waals surface area contributed by atoms with E-state index in [1.54, 1.807) is 13.2 Å². The van der Waals surface area contributed by atoms with E-state index in [4.69, 9.17) is 17.0 Å². The van der Waals surface area contributed by atoms with E-state index < -0.39 is 0 Å². The first kappa shape index (κ1) is 17.2. The summed E-state index contributed by atoms with van der Waals surface area (Å²) in [6.07, 6.45) is 0.862. The Morgan fingerprint density at radius 1 is 1.22 bits per heavy atom. The SMILES string of the molecule is COCCNC(=S)NCCCNc1n[nH]c(=O)c2ccccc12. The molecule has 0 aliphatic heterocycles. The van der Waals surface area contributed by atoms with E-state index in [1.165, 1.54) is 0 Å². The molecule has 0 aliphatic carbocycles. The van der Waals surface area contributed by atoms with Gasteiger partial charge in [0.1, 0.15) is 0 Å². The smallest absolute Gasteiger partial charge is 0.272 e. The minimum Gasteiger partial charge on any atom is -0.383 e. The fraction of sp³-hybridized carbons (Fsp3) is 0.400. The minimum absolute atomic E-state index is 0.180. The average molecular weight is 335 g/mol. The largest absolute Gasteiger partial charge is 0.383 e. The maximum Gasteiger partial charge on any atom is 0.272 e. The third-order valence-electron chi connectivity index (χ3n) is 3.22. The van der Waals surface area contributed by atoms with Gasteiger partial charge in [-0.1, -0.05) is 18.2 Å². The van der Waals surface area contributed by atoms with Crippen LogP contribution < -0.4 is 21.5 Å². The maximum absolute atomic E-state index is 11.7. The van der Waals surface area contributed by atoms with Gasteiger partial charge in [-0.2, -0.15) is 5.10 Å². The highest BCUT2D eigenvalue weighted by molar-refractivity contribution is 7.80. The number of methoxy groups -OCH3 is 1. The molecular formula is C15H21N5O2S. The van der Waals surface area contributed by atoms with Crippen molar-refractivity contribution in [3.63, 3.8) is 0 Å². The molecule has 0 atom stereocenters. The monoisotopic (exact) mass is 335 g/mol. The molecule has 0 saturated carbocycles. The number of aromatic amines is 1. The van der Waals surface area contributed by atoms with Gasteiger partial charge in [0.15, 0.2) is 10.9 Å². The minimum atomic E-state index is -0.180. The predicted molar refractivity (Wildman–Crippen MR) is 95.9 cm³/mol. The molecule has 0 amide bonds. The first-order chi connectivity index (χ1) is 11.2. The molecule has 0 spiro atoms. The van der Waals surface area contributed by atoms with Crippen molar-refractivity contribution >= 4 is 33.9 Å². The highest BCUT2D eigenvalue weighted by Crippen LogP contribution is 2.16. The maximum atomic E-state index is 11.7. The van der Waals surface area contributed by atoms with E-state index in [1.807, 2.05) is 18.2 Å². The van der Waals surface area contributed by atoms with Gasteiger partial charge >= 0.3 is 0 Å². The molecule has 8 heteroatoms. The van der Waals surface area contributed by atoms with Crippen LogP contribution >= 0.6 is 12.2 Å². The second-order valence-corrected chi connectivity index (χ2v) is 5.31. The van der Waals surface area contributed by atoms with Crippen LogP contribution in [0.1, 0.15) is 6.42 Å². The number of benzene rings is 1. The summed E-state index contributed by atoms with van der Waals surface area (Å²) in [4.78, 5) is 11.7. The summed E-state index contributed by atoms with van der Waals surface area (Å²) in [6, 6.07) is 7.39. The molecular weight excluding hydrogens is 314 g/mol. The van der Waals surface area contributed by atoms with Crippen LogP contribution in [0.4, 0.5) is 5.82 Å². The van der Waals surface area contributed by atoms with Gasteiger partial charge in [0, 0.05) is 32.1 Å². The highest BCUT2D eigenvalue weighted by Gasteiger charge is 2.04. The van der Waals surface area contributed by atoms with Gasteiger partial charge in [-0.15, -0.1) is 0 Å². The first-order valence-corrected chi connectivity index (χ1v) is 7.85. The van der Waals surface area contributed by atoms with Crippen molar-refractivity contribution in [2.45, 2.75) is 6.42 Å². The number of ether oxygens (including phenoxy) is 1. The molecule has 7 nitrogen and oxygen atoms in total. The number of H-pyrrole nitrogens is 1. The Morgan fingerprint density at radius 2 is 1.96 bits per heavy atom. The van der Waals surface area contributed by atoms with Crippen LogP contribution in [0, 0.1) is 0 Å². The van der Waals surface area contributed by atoms with Crippen LogP contribution in [0.2, 0.25) is 0 Å². The molecule has 0 fully saturated rings. The molecule has 1 aromatic carbocycles. The summed E-state index contributed by atoms with van der Waals surface area (Å²) in [5.74, 6) is 0.681. The molecule has 0 unspecified atom stereocenters. The van der Waals surface area contributed by atoms with Gasteiger partial charge in [0.25, 0.3) is 5.56 Å². The molecule has 0 aliphatic rings. The molecule has 0 saturated heterocycles. The fourth-order valence-corrected chi connectivity index (χ4v) is 2.28. The summed E-state index contributed by atoms with van der Waals surface area (Å²) >= 11 is 5.14. The van der Waals surface area contributed by atoms with Crippen LogP contribution in [0.5, 0.6) is 0 Å². The Hall–Kier alpha value is -2.19. The summed E-state index contributed by atoms with van der Waals surface area (Å²) < 4.78 is 4.94. The zero-order valence-corrected chi connectivity index (χ0v) is 13.8. The third kappa shape index (κ3) is 5.19. The van der Waals surface area contributed by atoms with Crippen molar-refractivity contribution in [3.05, 3.63) is 34.6 Å². The van der Waals surface area contributed by atoms with Crippen molar-refractivity contribution in [2.24, 2.45) is 0 Å². The summed E-state index contributed by atoms with van der Waals surface area (Å²) in [5.41, 5.74) is -0.180. The Balaban J connectivity index is 1.76. The normalized spacial score (nSPS) is 10.5. The second kappa shape index (κ2) is 9.06. The number of nitrogens with one attached hydrogen (secondary N) is 4. The Labute approximate surface area is 139 Å². The van der Waals surface area contributed by atoms with E-state index in [0.717, 1.165) is 24.9 Å². The highest BCUT2D eigenvalue weighted by atomic mass is 32.1. The van der Waals surface area contributed by atoms with Gasteiger partial charge in [-0.25, -0.2) is 5.10 Å². The van der Waals surface area contributed by atoms with Crippen molar-refractivity contribution in [3.8, 4) is 0 Å². The van der Waals surface area contributed by atoms with Gasteiger partial charge < -0.3 is 20.7 Å². The zero-order chi connectivity index (χ0) is 16.5. The van der Waals surface area contributed by atoms with Crippen LogP contribution in [0.25, 0.3) is 10.8 Å². The zero-order valence-electron chi connectivity index (χ0n) is 13.0. The topological polar surface area (TPSA) is 91.1 Å². The second-order valence-electron chi connectivity index (χ2n) is 4.90. The van der Waals surface area contributed by atoms with Crippen molar-refractivity contribution in [1.82, 2.24) is 20.8 Å². The molecule has 0 bridgehead atoms. The number of hydrogen-bond acceptors (Lipinski definition) is 5. The summed E-state index contributed by atoms with van der Waals surface area (Å²) in [6.45, 7) is 2.77. The number of aromatic nitrogens is 2. The average Bonchev–Trinajstić information content (AvgIpc) is 2.57. The van der Waals surface area contributed by atoms with Crippen LogP contribution in [-0.4, -0.2) is 48.7 Å². The van der Waals surface area contributed by atoms with Gasteiger partial charge in [0.2, 0.25) is 0 Å². The lowest BCUT2D eigenvalue weighted by Crippen LogP contribution is -2.37. The lowest BCUT2D eigenvalue weighted by atomic mass is 10.2. The third-order valence-corrected chi connectivity index (χ3v) is 3.51. The lowest BCUT2D eigenvalue weighted by Gasteiger charge is -2.11. The molecule has 4 N–H and O–H groups in total. The molecule has 0 radical (unpaired) electrons. The van der Waals surface area contributed by atoms with Gasteiger partial charge in [-0.05, 0) is 24.7 Å². The number of nitrogens with zero attached hydrogens (tertiary/aromatic N) is 1. The molecule has 124 valence electrons. The quantitative estimate of drug-likeness (QED) is 0.420. The summed E-state index contributed by atoms with van der Waals surface area (Å²) in [7, 11) is 1.65. The van der Waals surface area contributed by atoms with E-state index in [9.17, 15) is 4.79 Å². The van der Waals surface area contributed by atoms with Crippen LogP contribution in [0.15, 0.2) is 29.1 Å². The number of thiocarbonyl (C=S) groups is 1. The van der Waals surface area contributed by atoms with E-state index in [-0.39, 0.29) is 5.56 Å². The van der Waals surface area contributed by atoms with E-state index >= 15 is 0 Å². The molecule has 1 aromatic heterocycles. The molecule has 2 rings (SSSR count). The lowest BCUT2D eigenvalue weighted by molar-refractivity contribution is 0.204.